The van der Waals surface area contributed by atoms with Crippen molar-refractivity contribution in [2.24, 2.45) is 5.92 Å². The van der Waals surface area contributed by atoms with Crippen LogP contribution >= 0.6 is 0 Å². The van der Waals surface area contributed by atoms with Crippen LogP contribution in [0.25, 0.3) is 0 Å². The molecule has 1 aliphatic rings. The van der Waals surface area contributed by atoms with Crippen LogP contribution in [0, 0.1) is 5.92 Å². The molecule has 96 valence electrons. The predicted molar refractivity (Wildman–Crippen MR) is 69.5 cm³/mol. The molecule has 0 aromatic heterocycles. The van der Waals surface area contributed by atoms with Crippen LogP contribution in [-0.4, -0.2) is 30.8 Å². The van der Waals surface area contributed by atoms with Gasteiger partial charge in [-0.1, -0.05) is 40.0 Å². The molecule has 1 fully saturated rings. The van der Waals surface area contributed by atoms with Crippen LogP contribution in [0.3, 0.4) is 0 Å². The Bertz CT molecular complexity index is 172. The van der Waals surface area contributed by atoms with Crippen LogP contribution < -0.4 is 0 Å². The highest BCUT2D eigenvalue weighted by Crippen LogP contribution is 2.25. The maximum absolute atomic E-state index is 5.94. The number of hydrogen-bond donors (Lipinski definition) is 0. The Labute approximate surface area is 101 Å². The van der Waals surface area contributed by atoms with E-state index >= 15 is 0 Å². The summed E-state index contributed by atoms with van der Waals surface area (Å²) in [6.45, 7) is 10.2. The van der Waals surface area contributed by atoms with Gasteiger partial charge in [0.05, 0.1) is 6.61 Å². The topological polar surface area (TPSA) is 12.5 Å². The fraction of sp³-hybridized carbons (Fsp3) is 1.00. The van der Waals surface area contributed by atoms with Crippen LogP contribution in [0.4, 0.5) is 0 Å². The molecule has 0 aliphatic carbocycles. The molecule has 0 aromatic rings. The Kier molecular flexibility index (Phi) is 7.06. The minimum Gasteiger partial charge on any atom is -0.362 e. The van der Waals surface area contributed by atoms with E-state index in [1.807, 2.05) is 0 Å². The quantitative estimate of drug-likeness (QED) is 0.627. The van der Waals surface area contributed by atoms with Crippen molar-refractivity contribution in [3.05, 3.63) is 0 Å². The summed E-state index contributed by atoms with van der Waals surface area (Å²) in [5, 5.41) is 0. The predicted octanol–water partition coefficient (Wildman–Crippen LogP) is 3.66. The molecule has 0 aromatic carbocycles. The summed E-state index contributed by atoms with van der Waals surface area (Å²) in [4.78, 5) is 2.56. The number of hydrogen-bond acceptors (Lipinski definition) is 2. The Morgan fingerprint density at radius 3 is 2.56 bits per heavy atom. The molecular weight excluding hydrogens is 198 g/mol. The molecule has 0 spiro atoms. The highest BCUT2D eigenvalue weighted by atomic mass is 16.5. The average molecular weight is 227 g/mol. The maximum Gasteiger partial charge on any atom is 0.113 e. The summed E-state index contributed by atoms with van der Waals surface area (Å²) in [6, 6.07) is 0. The molecule has 0 bridgehead atoms. The van der Waals surface area contributed by atoms with Crippen molar-refractivity contribution in [3.63, 3.8) is 0 Å². The van der Waals surface area contributed by atoms with E-state index in [-0.39, 0.29) is 0 Å². The van der Waals surface area contributed by atoms with E-state index in [1.54, 1.807) is 0 Å². The molecule has 0 radical (unpaired) electrons. The summed E-state index contributed by atoms with van der Waals surface area (Å²) in [7, 11) is 0. The van der Waals surface area contributed by atoms with E-state index in [0.29, 0.717) is 6.23 Å². The Balaban J connectivity index is 2.40. The van der Waals surface area contributed by atoms with E-state index in [0.717, 1.165) is 19.1 Å². The van der Waals surface area contributed by atoms with Gasteiger partial charge in [-0.2, -0.15) is 0 Å². The van der Waals surface area contributed by atoms with E-state index in [9.17, 15) is 0 Å². The third kappa shape index (κ3) is 4.06. The Hall–Kier alpha value is -0.0800. The molecule has 2 atom stereocenters. The minimum absolute atomic E-state index is 0.420. The van der Waals surface area contributed by atoms with Gasteiger partial charge >= 0.3 is 0 Å². The standard InChI is InChI=1S/C14H29NO/c1-4-7-9-13(6-3)14-15(10-8-5-2)11-12-16-14/h13-14H,4-12H2,1-3H3/t13?,14-/m0/s1. The lowest BCUT2D eigenvalue weighted by molar-refractivity contribution is -0.0184. The van der Waals surface area contributed by atoms with E-state index < -0.39 is 0 Å². The third-order valence-corrected chi connectivity index (χ3v) is 3.68. The summed E-state index contributed by atoms with van der Waals surface area (Å²) in [5.41, 5.74) is 0. The van der Waals surface area contributed by atoms with Gasteiger partial charge in [-0.05, 0) is 25.2 Å². The zero-order valence-corrected chi connectivity index (χ0v) is 11.4. The lowest BCUT2D eigenvalue weighted by atomic mass is 9.97. The first kappa shape index (κ1) is 14.0. The summed E-state index contributed by atoms with van der Waals surface area (Å²) in [6.07, 6.45) is 8.26. The average Bonchev–Trinajstić information content (AvgIpc) is 2.76. The minimum atomic E-state index is 0.420. The Morgan fingerprint density at radius 1 is 1.19 bits per heavy atom. The van der Waals surface area contributed by atoms with Crippen LogP contribution in [-0.2, 0) is 4.74 Å². The Morgan fingerprint density at radius 2 is 1.94 bits per heavy atom. The summed E-state index contributed by atoms with van der Waals surface area (Å²) < 4.78 is 5.94. The monoisotopic (exact) mass is 227 g/mol. The smallest absolute Gasteiger partial charge is 0.113 e. The van der Waals surface area contributed by atoms with Crippen molar-refractivity contribution in [2.45, 2.75) is 65.5 Å². The lowest BCUT2D eigenvalue weighted by Gasteiger charge is -2.29. The lowest BCUT2D eigenvalue weighted by Crippen LogP contribution is -2.37. The second-order valence-corrected chi connectivity index (χ2v) is 4.96. The van der Waals surface area contributed by atoms with Gasteiger partial charge in [-0.3, -0.25) is 4.90 Å². The zero-order valence-electron chi connectivity index (χ0n) is 11.4. The maximum atomic E-state index is 5.94. The number of nitrogens with zero attached hydrogens (tertiary/aromatic N) is 1. The molecule has 0 saturated carbocycles. The van der Waals surface area contributed by atoms with Gasteiger partial charge in [0.15, 0.2) is 0 Å². The first-order chi connectivity index (χ1) is 7.83. The fourth-order valence-corrected chi connectivity index (χ4v) is 2.57. The molecule has 2 heteroatoms. The van der Waals surface area contributed by atoms with Crippen LogP contribution in [0.15, 0.2) is 0 Å². The number of unbranched alkanes of at least 4 members (excludes halogenated alkanes) is 2. The summed E-state index contributed by atoms with van der Waals surface area (Å²) >= 11 is 0. The van der Waals surface area contributed by atoms with Crippen LogP contribution in [0.1, 0.15) is 59.3 Å². The molecule has 0 amide bonds. The molecule has 16 heavy (non-hydrogen) atoms. The van der Waals surface area contributed by atoms with Gasteiger partial charge in [0, 0.05) is 13.1 Å². The highest BCUT2D eigenvalue weighted by Gasteiger charge is 2.30. The van der Waals surface area contributed by atoms with Gasteiger partial charge in [-0.15, -0.1) is 0 Å². The zero-order chi connectivity index (χ0) is 11.8. The van der Waals surface area contributed by atoms with Crippen molar-refractivity contribution < 1.29 is 4.74 Å². The molecule has 1 saturated heterocycles. The third-order valence-electron chi connectivity index (χ3n) is 3.68. The molecule has 1 aliphatic heterocycles. The van der Waals surface area contributed by atoms with Crippen molar-refractivity contribution in [3.8, 4) is 0 Å². The van der Waals surface area contributed by atoms with Crippen molar-refractivity contribution in [1.82, 2.24) is 4.90 Å². The molecule has 1 heterocycles. The largest absolute Gasteiger partial charge is 0.362 e. The van der Waals surface area contributed by atoms with Gasteiger partial charge in [-0.25, -0.2) is 0 Å². The van der Waals surface area contributed by atoms with E-state index in [1.165, 1.54) is 45.1 Å². The number of ether oxygens (including phenoxy) is 1. The van der Waals surface area contributed by atoms with Gasteiger partial charge < -0.3 is 4.74 Å². The van der Waals surface area contributed by atoms with Crippen LogP contribution in [0.2, 0.25) is 0 Å². The van der Waals surface area contributed by atoms with Crippen molar-refractivity contribution in [1.29, 1.82) is 0 Å². The molecule has 2 nitrogen and oxygen atoms in total. The second-order valence-electron chi connectivity index (χ2n) is 4.96. The molecule has 1 unspecified atom stereocenters. The van der Waals surface area contributed by atoms with Gasteiger partial charge in [0.25, 0.3) is 0 Å². The second kappa shape index (κ2) is 8.08. The van der Waals surface area contributed by atoms with Crippen molar-refractivity contribution >= 4 is 0 Å². The normalized spacial score (nSPS) is 23.8. The van der Waals surface area contributed by atoms with Crippen LogP contribution in [0.5, 0.6) is 0 Å². The first-order valence-corrected chi connectivity index (χ1v) is 7.19. The highest BCUT2D eigenvalue weighted by molar-refractivity contribution is 4.76. The van der Waals surface area contributed by atoms with Gasteiger partial charge in [0.1, 0.15) is 6.23 Å². The summed E-state index contributed by atoms with van der Waals surface area (Å²) in [5.74, 6) is 0.749. The molecular formula is C14H29NO. The first-order valence-electron chi connectivity index (χ1n) is 7.19. The SMILES string of the molecule is CCCCC(CC)[C@@H]1OCCN1CCCC. The van der Waals surface area contributed by atoms with Gasteiger partial charge in [0.2, 0.25) is 0 Å². The van der Waals surface area contributed by atoms with Crippen molar-refractivity contribution in [2.75, 3.05) is 19.7 Å². The van der Waals surface area contributed by atoms with E-state index in [2.05, 4.69) is 25.7 Å². The van der Waals surface area contributed by atoms with E-state index in [4.69, 9.17) is 4.74 Å². The molecule has 1 rings (SSSR count). The number of rotatable bonds is 8. The molecule has 0 N–H and O–H groups in total. The fourth-order valence-electron chi connectivity index (χ4n) is 2.57.